The summed E-state index contributed by atoms with van der Waals surface area (Å²) in [6.07, 6.45) is 0.892. The highest BCUT2D eigenvalue weighted by Crippen LogP contribution is 2.31. The standard InChI is InChI=1S/C12H16BNO3/c1-3-8-4-5-9-11-10(8)12(14-2)17-13(11)16-7-6-15-9/h4-5,12,14H,3,6-7H2,1-2H3/t12-/m0/s1. The molecule has 0 saturated heterocycles. The molecule has 0 aromatic heterocycles. The normalized spacial score (nSPS) is 22.0. The zero-order chi connectivity index (χ0) is 11.8. The second-order valence-corrected chi connectivity index (χ2v) is 4.26. The van der Waals surface area contributed by atoms with Crippen molar-refractivity contribution in [2.75, 3.05) is 20.3 Å². The smallest absolute Gasteiger partial charge is 0.492 e. The lowest BCUT2D eigenvalue weighted by Crippen LogP contribution is -2.32. The van der Waals surface area contributed by atoms with Gasteiger partial charge < -0.3 is 14.0 Å². The summed E-state index contributed by atoms with van der Waals surface area (Å²) in [5.41, 5.74) is 3.56. The maximum atomic E-state index is 5.87. The van der Waals surface area contributed by atoms with Crippen molar-refractivity contribution in [1.82, 2.24) is 5.32 Å². The molecule has 0 bridgehead atoms. The van der Waals surface area contributed by atoms with Gasteiger partial charge in [0.15, 0.2) is 0 Å². The zero-order valence-corrected chi connectivity index (χ0v) is 10.2. The first-order chi connectivity index (χ1) is 8.35. The van der Waals surface area contributed by atoms with Gasteiger partial charge in [-0.25, -0.2) is 0 Å². The van der Waals surface area contributed by atoms with Gasteiger partial charge in [-0.2, -0.15) is 0 Å². The lowest BCUT2D eigenvalue weighted by Gasteiger charge is -2.16. The van der Waals surface area contributed by atoms with Crippen LogP contribution in [0.4, 0.5) is 0 Å². The van der Waals surface area contributed by atoms with Gasteiger partial charge in [-0.05, 0) is 25.1 Å². The molecule has 0 radical (unpaired) electrons. The van der Waals surface area contributed by atoms with Crippen LogP contribution in [0.5, 0.6) is 5.75 Å². The fourth-order valence-corrected chi connectivity index (χ4v) is 2.55. The van der Waals surface area contributed by atoms with Crippen molar-refractivity contribution in [1.29, 1.82) is 0 Å². The number of hydrogen-bond donors (Lipinski definition) is 1. The molecule has 1 atom stereocenters. The van der Waals surface area contributed by atoms with Gasteiger partial charge in [0.1, 0.15) is 18.6 Å². The molecule has 0 unspecified atom stereocenters. The highest BCUT2D eigenvalue weighted by Gasteiger charge is 2.42. The van der Waals surface area contributed by atoms with E-state index in [-0.39, 0.29) is 13.3 Å². The Kier molecular flexibility index (Phi) is 2.82. The second kappa shape index (κ2) is 4.33. The first-order valence-corrected chi connectivity index (χ1v) is 6.08. The summed E-state index contributed by atoms with van der Waals surface area (Å²) in [5, 5.41) is 3.18. The first-order valence-electron chi connectivity index (χ1n) is 6.08. The predicted octanol–water partition coefficient (Wildman–Crippen LogP) is 0.601. The van der Waals surface area contributed by atoms with E-state index in [1.54, 1.807) is 0 Å². The molecule has 17 heavy (non-hydrogen) atoms. The van der Waals surface area contributed by atoms with Gasteiger partial charge in [0.2, 0.25) is 0 Å². The Hall–Kier alpha value is -1.04. The van der Waals surface area contributed by atoms with Crippen molar-refractivity contribution in [3.63, 3.8) is 0 Å². The van der Waals surface area contributed by atoms with E-state index >= 15 is 0 Å². The predicted molar refractivity (Wildman–Crippen MR) is 65.5 cm³/mol. The Morgan fingerprint density at radius 2 is 2.29 bits per heavy atom. The van der Waals surface area contributed by atoms with Gasteiger partial charge in [-0.3, -0.25) is 5.32 Å². The Labute approximate surface area is 101 Å². The molecule has 0 aliphatic carbocycles. The van der Waals surface area contributed by atoms with Crippen LogP contribution in [-0.2, 0) is 15.7 Å². The molecule has 2 heterocycles. The average molecular weight is 233 g/mol. The lowest BCUT2D eigenvalue weighted by molar-refractivity contribution is 0.128. The molecule has 0 spiro atoms. The minimum absolute atomic E-state index is 0.0911. The third-order valence-electron chi connectivity index (χ3n) is 3.35. The third-order valence-corrected chi connectivity index (χ3v) is 3.35. The van der Waals surface area contributed by atoms with Crippen LogP contribution in [0.15, 0.2) is 12.1 Å². The topological polar surface area (TPSA) is 39.7 Å². The van der Waals surface area contributed by atoms with Crippen molar-refractivity contribution in [2.24, 2.45) is 0 Å². The van der Waals surface area contributed by atoms with E-state index in [0.717, 1.165) is 17.6 Å². The third kappa shape index (κ3) is 1.66. The van der Waals surface area contributed by atoms with E-state index in [2.05, 4.69) is 18.3 Å². The monoisotopic (exact) mass is 233 g/mol. The number of rotatable bonds is 2. The van der Waals surface area contributed by atoms with Gasteiger partial charge in [0.05, 0.1) is 6.61 Å². The van der Waals surface area contributed by atoms with Crippen LogP contribution in [-0.4, -0.2) is 27.4 Å². The molecular formula is C12H16BNO3. The summed E-state index contributed by atoms with van der Waals surface area (Å²) in [4.78, 5) is 0. The van der Waals surface area contributed by atoms with Crippen LogP contribution in [0.25, 0.3) is 0 Å². The Balaban J connectivity index is 2.17. The largest absolute Gasteiger partial charge is 0.499 e. The van der Waals surface area contributed by atoms with E-state index in [4.69, 9.17) is 14.0 Å². The van der Waals surface area contributed by atoms with Gasteiger partial charge in [-0.1, -0.05) is 13.0 Å². The summed E-state index contributed by atoms with van der Waals surface area (Å²) in [6.45, 7) is 3.30. The zero-order valence-electron chi connectivity index (χ0n) is 10.2. The summed E-state index contributed by atoms with van der Waals surface area (Å²) in [6, 6.07) is 4.15. The molecule has 4 nitrogen and oxygen atoms in total. The lowest BCUT2D eigenvalue weighted by atomic mass is 9.76. The Morgan fingerprint density at radius 1 is 1.41 bits per heavy atom. The molecule has 0 amide bonds. The van der Waals surface area contributed by atoms with E-state index < -0.39 is 0 Å². The maximum Gasteiger partial charge on any atom is 0.499 e. The molecule has 0 fully saturated rings. The Bertz CT molecular complexity index is 438. The molecule has 1 aromatic rings. The van der Waals surface area contributed by atoms with Crippen molar-refractivity contribution in [3.8, 4) is 5.75 Å². The van der Waals surface area contributed by atoms with Crippen LogP contribution in [0.3, 0.4) is 0 Å². The Morgan fingerprint density at radius 3 is 3.06 bits per heavy atom. The van der Waals surface area contributed by atoms with E-state index in [0.29, 0.717) is 13.2 Å². The number of aryl methyl sites for hydroxylation is 1. The molecule has 3 rings (SSSR count). The molecule has 1 N–H and O–H groups in total. The van der Waals surface area contributed by atoms with Crippen LogP contribution in [0, 0.1) is 0 Å². The van der Waals surface area contributed by atoms with Gasteiger partial charge in [0.25, 0.3) is 0 Å². The SMILES string of the molecule is CCc1ccc2c3c1[C@@H](NC)OB3OCCO2. The van der Waals surface area contributed by atoms with Gasteiger partial charge in [-0.15, -0.1) is 0 Å². The summed E-state index contributed by atoms with van der Waals surface area (Å²) >= 11 is 0. The van der Waals surface area contributed by atoms with E-state index in [1.165, 1.54) is 11.1 Å². The van der Waals surface area contributed by atoms with E-state index in [1.807, 2.05) is 13.1 Å². The maximum absolute atomic E-state index is 5.87. The van der Waals surface area contributed by atoms with Crippen LogP contribution >= 0.6 is 0 Å². The highest BCUT2D eigenvalue weighted by molar-refractivity contribution is 6.64. The van der Waals surface area contributed by atoms with Crippen molar-refractivity contribution in [2.45, 2.75) is 19.6 Å². The first kappa shape index (κ1) is 11.1. The van der Waals surface area contributed by atoms with Gasteiger partial charge >= 0.3 is 7.12 Å². The highest BCUT2D eigenvalue weighted by atomic mass is 16.6. The van der Waals surface area contributed by atoms with Crippen molar-refractivity contribution >= 4 is 12.6 Å². The number of nitrogens with one attached hydrogen (secondary N) is 1. The van der Waals surface area contributed by atoms with Crippen LogP contribution < -0.4 is 15.5 Å². The molecule has 5 heteroatoms. The van der Waals surface area contributed by atoms with Crippen LogP contribution in [0.1, 0.15) is 24.3 Å². The minimum atomic E-state index is -0.286. The average Bonchev–Trinajstić information content (AvgIpc) is 2.61. The number of benzene rings is 1. The number of hydrogen-bond acceptors (Lipinski definition) is 4. The van der Waals surface area contributed by atoms with Crippen LogP contribution in [0.2, 0.25) is 0 Å². The molecule has 1 aromatic carbocycles. The molecule has 2 aliphatic rings. The molecule has 90 valence electrons. The fraction of sp³-hybridized carbons (Fsp3) is 0.500. The van der Waals surface area contributed by atoms with Crippen molar-refractivity contribution < 1.29 is 14.0 Å². The minimum Gasteiger partial charge on any atom is -0.492 e. The molecular weight excluding hydrogens is 217 g/mol. The summed E-state index contributed by atoms with van der Waals surface area (Å²) in [5.74, 6) is 0.900. The quantitative estimate of drug-likeness (QED) is 0.759. The number of ether oxygens (including phenoxy) is 1. The fourth-order valence-electron chi connectivity index (χ4n) is 2.55. The second-order valence-electron chi connectivity index (χ2n) is 4.26. The van der Waals surface area contributed by atoms with Gasteiger partial charge in [0, 0.05) is 11.0 Å². The summed E-state index contributed by atoms with van der Waals surface area (Å²) < 4.78 is 17.2. The molecule has 0 saturated carbocycles. The van der Waals surface area contributed by atoms with Crippen molar-refractivity contribution in [3.05, 3.63) is 23.3 Å². The molecule has 2 aliphatic heterocycles. The van der Waals surface area contributed by atoms with E-state index in [9.17, 15) is 0 Å². The summed E-state index contributed by atoms with van der Waals surface area (Å²) in [7, 11) is 1.61.